The largest absolute Gasteiger partial charge is 0.399 e. The molecule has 0 fully saturated rings. The van der Waals surface area contributed by atoms with Gasteiger partial charge in [-0.1, -0.05) is 0 Å². The Bertz CT molecular complexity index is 423. The second-order valence-corrected chi connectivity index (χ2v) is 2.68. The molecule has 3 heteroatoms. The highest BCUT2D eigenvalue weighted by molar-refractivity contribution is 5.92. The Morgan fingerprint density at radius 2 is 1.92 bits per heavy atom. The molecule has 0 bridgehead atoms. The smallest absolute Gasteiger partial charge is 0.131 e. The molecule has 3 nitrogen and oxygen atoms in total. The van der Waals surface area contributed by atoms with Gasteiger partial charge in [-0.05, 0) is 29.7 Å². The van der Waals surface area contributed by atoms with Crippen molar-refractivity contribution in [3.63, 3.8) is 0 Å². The van der Waals surface area contributed by atoms with Gasteiger partial charge in [-0.3, -0.25) is 0 Å². The number of hydrogen-bond donors (Lipinski definition) is 2. The molecule has 0 aliphatic carbocycles. The summed E-state index contributed by atoms with van der Waals surface area (Å²) in [6, 6.07) is 7.48. The van der Waals surface area contributed by atoms with Gasteiger partial charge in [-0.15, -0.1) is 0 Å². The van der Waals surface area contributed by atoms with Crippen LogP contribution in [0.5, 0.6) is 0 Å². The lowest BCUT2D eigenvalue weighted by atomic mass is 10.1. The Morgan fingerprint density at radius 3 is 2.75 bits per heavy atom. The van der Waals surface area contributed by atoms with Gasteiger partial charge in [0.2, 0.25) is 0 Å². The van der Waals surface area contributed by atoms with Gasteiger partial charge in [-0.2, -0.15) is 0 Å². The molecule has 2 rings (SSSR count). The lowest BCUT2D eigenvalue weighted by molar-refractivity contribution is 1.37. The topological polar surface area (TPSA) is 64.9 Å². The fourth-order valence-electron chi connectivity index (χ4n) is 1.22. The molecule has 0 unspecified atom stereocenters. The number of anilines is 2. The predicted octanol–water partition coefficient (Wildman–Crippen LogP) is 1.40. The Labute approximate surface area is 70.0 Å². The molecule has 0 atom stereocenters. The number of fused-ring (bicyclic) bond motifs is 1. The van der Waals surface area contributed by atoms with Crippen LogP contribution in [0, 0.1) is 0 Å². The maximum absolute atomic E-state index is 5.65. The van der Waals surface area contributed by atoms with E-state index in [0.29, 0.717) is 5.82 Å². The number of nitrogens with zero attached hydrogens (tertiary/aromatic N) is 1. The second kappa shape index (κ2) is 2.37. The molecular formula is C9H9N3. The molecule has 0 saturated carbocycles. The van der Waals surface area contributed by atoms with Crippen molar-refractivity contribution in [3.05, 3.63) is 30.5 Å². The third-order valence-corrected chi connectivity index (χ3v) is 1.82. The molecule has 0 amide bonds. The van der Waals surface area contributed by atoms with Gasteiger partial charge in [-0.25, -0.2) is 4.98 Å². The maximum atomic E-state index is 5.65. The lowest BCUT2D eigenvalue weighted by Crippen LogP contribution is -1.91. The lowest BCUT2D eigenvalue weighted by Gasteiger charge is -2.00. The first-order valence-corrected chi connectivity index (χ1v) is 3.67. The van der Waals surface area contributed by atoms with Crippen molar-refractivity contribution in [2.75, 3.05) is 11.5 Å². The highest BCUT2D eigenvalue weighted by Crippen LogP contribution is 2.20. The zero-order valence-electron chi connectivity index (χ0n) is 6.49. The first-order chi connectivity index (χ1) is 5.77. The summed E-state index contributed by atoms with van der Waals surface area (Å²) in [5, 5.41) is 1.98. The van der Waals surface area contributed by atoms with E-state index in [-0.39, 0.29) is 0 Å². The number of benzene rings is 1. The summed E-state index contributed by atoms with van der Waals surface area (Å²) in [4.78, 5) is 3.97. The molecule has 1 aromatic carbocycles. The monoisotopic (exact) mass is 159 g/mol. The van der Waals surface area contributed by atoms with Crippen molar-refractivity contribution in [1.82, 2.24) is 4.98 Å². The Morgan fingerprint density at radius 1 is 1.08 bits per heavy atom. The van der Waals surface area contributed by atoms with Gasteiger partial charge >= 0.3 is 0 Å². The van der Waals surface area contributed by atoms with Gasteiger partial charge in [0.05, 0.1) is 0 Å². The standard InChI is InChI=1S/C9H9N3/c10-7-1-2-8-6(5-7)3-4-12-9(8)11/h1-5H,10H2,(H2,11,12). The van der Waals surface area contributed by atoms with Crippen molar-refractivity contribution in [3.8, 4) is 0 Å². The summed E-state index contributed by atoms with van der Waals surface area (Å²) < 4.78 is 0. The minimum Gasteiger partial charge on any atom is -0.399 e. The molecule has 0 aliphatic heterocycles. The third-order valence-electron chi connectivity index (χ3n) is 1.82. The molecule has 12 heavy (non-hydrogen) atoms. The highest BCUT2D eigenvalue weighted by atomic mass is 14.8. The van der Waals surface area contributed by atoms with Crippen LogP contribution in [-0.4, -0.2) is 4.98 Å². The van der Waals surface area contributed by atoms with Crippen molar-refractivity contribution < 1.29 is 0 Å². The van der Waals surface area contributed by atoms with Crippen molar-refractivity contribution >= 4 is 22.3 Å². The minimum atomic E-state index is 0.549. The molecule has 0 saturated heterocycles. The number of aromatic nitrogens is 1. The zero-order chi connectivity index (χ0) is 8.55. The molecule has 0 aliphatic rings. The Balaban J connectivity index is 2.86. The van der Waals surface area contributed by atoms with Gasteiger partial charge in [0.15, 0.2) is 0 Å². The van der Waals surface area contributed by atoms with Crippen LogP contribution >= 0.6 is 0 Å². The number of rotatable bonds is 0. The number of nitrogens with two attached hydrogens (primary N) is 2. The first-order valence-electron chi connectivity index (χ1n) is 3.67. The van der Waals surface area contributed by atoms with E-state index in [0.717, 1.165) is 16.5 Å². The quantitative estimate of drug-likeness (QED) is 0.571. The van der Waals surface area contributed by atoms with Crippen molar-refractivity contribution in [2.24, 2.45) is 0 Å². The van der Waals surface area contributed by atoms with E-state index in [4.69, 9.17) is 11.5 Å². The van der Waals surface area contributed by atoms with Crippen LogP contribution in [0.2, 0.25) is 0 Å². The second-order valence-electron chi connectivity index (χ2n) is 2.68. The fourth-order valence-corrected chi connectivity index (χ4v) is 1.22. The van der Waals surface area contributed by atoms with E-state index in [9.17, 15) is 0 Å². The summed E-state index contributed by atoms with van der Waals surface area (Å²) in [6.45, 7) is 0. The van der Waals surface area contributed by atoms with Crippen LogP contribution in [0.15, 0.2) is 30.5 Å². The summed E-state index contributed by atoms with van der Waals surface area (Å²) in [6.07, 6.45) is 1.68. The van der Waals surface area contributed by atoms with Crippen LogP contribution in [0.4, 0.5) is 11.5 Å². The average Bonchev–Trinajstić information content (AvgIpc) is 2.04. The first kappa shape index (κ1) is 6.91. The number of pyridine rings is 1. The van der Waals surface area contributed by atoms with E-state index in [1.54, 1.807) is 6.20 Å². The summed E-state index contributed by atoms with van der Waals surface area (Å²) >= 11 is 0. The van der Waals surface area contributed by atoms with E-state index < -0.39 is 0 Å². The van der Waals surface area contributed by atoms with E-state index in [2.05, 4.69) is 4.98 Å². The van der Waals surface area contributed by atoms with Gasteiger partial charge < -0.3 is 11.5 Å². The van der Waals surface area contributed by atoms with Gasteiger partial charge in [0, 0.05) is 17.3 Å². The normalized spacial score (nSPS) is 10.3. The van der Waals surface area contributed by atoms with Crippen molar-refractivity contribution in [2.45, 2.75) is 0 Å². The molecule has 60 valence electrons. The fraction of sp³-hybridized carbons (Fsp3) is 0. The van der Waals surface area contributed by atoms with E-state index in [1.807, 2.05) is 24.3 Å². The summed E-state index contributed by atoms with van der Waals surface area (Å²) in [5.74, 6) is 0.549. The molecule has 1 heterocycles. The van der Waals surface area contributed by atoms with Crippen LogP contribution in [-0.2, 0) is 0 Å². The average molecular weight is 159 g/mol. The zero-order valence-corrected chi connectivity index (χ0v) is 6.49. The maximum Gasteiger partial charge on any atom is 0.131 e. The Hall–Kier alpha value is -1.77. The molecule has 0 radical (unpaired) electrons. The summed E-state index contributed by atoms with van der Waals surface area (Å²) in [7, 11) is 0. The number of hydrogen-bond acceptors (Lipinski definition) is 3. The van der Waals surface area contributed by atoms with Crippen LogP contribution in [0.25, 0.3) is 10.8 Å². The van der Waals surface area contributed by atoms with Crippen LogP contribution < -0.4 is 11.5 Å². The minimum absolute atomic E-state index is 0.549. The molecule has 1 aromatic heterocycles. The van der Waals surface area contributed by atoms with E-state index in [1.165, 1.54) is 0 Å². The SMILES string of the molecule is Nc1ccc2c(N)nccc2c1. The van der Waals surface area contributed by atoms with Crippen molar-refractivity contribution in [1.29, 1.82) is 0 Å². The van der Waals surface area contributed by atoms with Gasteiger partial charge in [0.25, 0.3) is 0 Å². The molecular weight excluding hydrogens is 150 g/mol. The molecule has 2 aromatic rings. The van der Waals surface area contributed by atoms with Gasteiger partial charge in [0.1, 0.15) is 5.82 Å². The molecule has 4 N–H and O–H groups in total. The predicted molar refractivity (Wildman–Crippen MR) is 50.6 cm³/mol. The third kappa shape index (κ3) is 0.955. The highest BCUT2D eigenvalue weighted by Gasteiger charge is 1.97. The molecule has 0 spiro atoms. The van der Waals surface area contributed by atoms with Crippen LogP contribution in [0.1, 0.15) is 0 Å². The van der Waals surface area contributed by atoms with E-state index >= 15 is 0 Å². The summed E-state index contributed by atoms with van der Waals surface area (Å²) in [5.41, 5.74) is 12.0. The Kier molecular flexibility index (Phi) is 1.37. The number of nitrogen functional groups attached to an aromatic ring is 2. The van der Waals surface area contributed by atoms with Crippen LogP contribution in [0.3, 0.4) is 0 Å².